The van der Waals surface area contributed by atoms with E-state index in [1.807, 2.05) is 6.07 Å². The summed E-state index contributed by atoms with van der Waals surface area (Å²) in [5.41, 5.74) is 7.61. The average molecular weight is 246 g/mol. The summed E-state index contributed by atoms with van der Waals surface area (Å²) >= 11 is -2.25. The number of anilines is 1. The molecule has 1 heterocycles. The monoisotopic (exact) mass is 246 g/mol. The van der Waals surface area contributed by atoms with Crippen molar-refractivity contribution in [3.05, 3.63) is 36.4 Å². The van der Waals surface area contributed by atoms with Crippen molar-refractivity contribution < 1.29 is 13.2 Å². The molecule has 2 aromatic carbocycles. The maximum absolute atomic E-state index is 10.9. The molecule has 3 aromatic rings. The highest BCUT2D eigenvalue weighted by Crippen LogP contribution is 2.31. The standard InChI is InChI=1S/C12H9NO3S/c13-7-1-4-11-10(5-7)9-3-2-8(17(14)15)6-12(9)16-11/h1-6H,13H2,(H,14,15)/p-1. The first kappa shape index (κ1) is 10.3. The number of hydrogen-bond donors (Lipinski definition) is 1. The normalized spacial score (nSPS) is 13.2. The highest BCUT2D eigenvalue weighted by Gasteiger charge is 2.07. The topological polar surface area (TPSA) is 79.3 Å². The molecule has 0 aliphatic heterocycles. The van der Waals surface area contributed by atoms with E-state index in [1.165, 1.54) is 6.07 Å². The quantitative estimate of drug-likeness (QED) is 0.528. The van der Waals surface area contributed by atoms with Gasteiger partial charge in [-0.25, -0.2) is 0 Å². The Balaban J connectivity index is 2.39. The van der Waals surface area contributed by atoms with E-state index in [0.29, 0.717) is 16.9 Å². The second kappa shape index (κ2) is 3.58. The lowest BCUT2D eigenvalue weighted by molar-refractivity contribution is 0.537. The van der Waals surface area contributed by atoms with E-state index in [4.69, 9.17) is 10.2 Å². The van der Waals surface area contributed by atoms with Gasteiger partial charge in [-0.15, -0.1) is 0 Å². The Morgan fingerprint density at radius 3 is 2.65 bits per heavy atom. The Bertz CT molecular complexity index is 748. The third-order valence-corrected chi connectivity index (χ3v) is 3.30. The van der Waals surface area contributed by atoms with Gasteiger partial charge in [0.1, 0.15) is 11.2 Å². The van der Waals surface area contributed by atoms with Crippen LogP contribution >= 0.6 is 0 Å². The van der Waals surface area contributed by atoms with Crippen LogP contribution in [0.4, 0.5) is 5.69 Å². The summed E-state index contributed by atoms with van der Waals surface area (Å²) in [7, 11) is 0. The molecule has 0 fully saturated rings. The lowest BCUT2D eigenvalue weighted by Gasteiger charge is -2.03. The Hall–Kier alpha value is -1.85. The van der Waals surface area contributed by atoms with Crippen LogP contribution in [0, 0.1) is 0 Å². The van der Waals surface area contributed by atoms with Crippen LogP contribution in [0.15, 0.2) is 45.7 Å². The predicted octanol–water partition coefficient (Wildman–Crippen LogP) is 2.41. The predicted molar refractivity (Wildman–Crippen MR) is 65.3 cm³/mol. The molecule has 0 saturated carbocycles. The Morgan fingerprint density at radius 2 is 1.88 bits per heavy atom. The minimum absolute atomic E-state index is 0.213. The summed E-state index contributed by atoms with van der Waals surface area (Å²) in [5, 5.41) is 1.75. The summed E-state index contributed by atoms with van der Waals surface area (Å²) in [5.74, 6) is 0. The Kier molecular flexibility index (Phi) is 2.17. The molecule has 86 valence electrons. The number of hydrogen-bond acceptors (Lipinski definition) is 4. The largest absolute Gasteiger partial charge is 0.768 e. The molecule has 0 radical (unpaired) electrons. The first-order chi connectivity index (χ1) is 8.15. The third-order valence-electron chi connectivity index (χ3n) is 2.66. The molecule has 4 nitrogen and oxygen atoms in total. The molecule has 0 bridgehead atoms. The minimum Gasteiger partial charge on any atom is -0.768 e. The summed E-state index contributed by atoms with van der Waals surface area (Å²) in [6, 6.07) is 10.1. The Morgan fingerprint density at radius 1 is 1.06 bits per heavy atom. The molecule has 0 aliphatic carbocycles. The van der Waals surface area contributed by atoms with E-state index in [9.17, 15) is 8.76 Å². The number of furan rings is 1. The smallest absolute Gasteiger partial charge is 0.136 e. The zero-order valence-electron chi connectivity index (χ0n) is 8.67. The molecule has 1 unspecified atom stereocenters. The molecule has 1 aromatic heterocycles. The van der Waals surface area contributed by atoms with Gasteiger partial charge in [-0.1, -0.05) is 0 Å². The number of nitrogen functional groups attached to an aromatic ring is 1. The molecular weight excluding hydrogens is 238 g/mol. The molecule has 3 rings (SSSR count). The molecule has 0 aliphatic rings. The molecule has 5 heteroatoms. The lowest BCUT2D eigenvalue weighted by atomic mass is 10.1. The van der Waals surface area contributed by atoms with Crippen molar-refractivity contribution in [2.24, 2.45) is 0 Å². The summed E-state index contributed by atoms with van der Waals surface area (Å²) in [4.78, 5) is 0.213. The second-order valence-electron chi connectivity index (χ2n) is 3.75. The minimum atomic E-state index is -2.25. The lowest BCUT2D eigenvalue weighted by Crippen LogP contribution is -1.86. The van der Waals surface area contributed by atoms with Gasteiger partial charge in [0.25, 0.3) is 0 Å². The first-order valence-corrected chi connectivity index (χ1v) is 6.04. The second-order valence-corrected chi connectivity index (χ2v) is 4.69. The van der Waals surface area contributed by atoms with Crippen molar-refractivity contribution in [3.8, 4) is 0 Å². The number of rotatable bonds is 1. The van der Waals surface area contributed by atoms with Gasteiger partial charge in [0.15, 0.2) is 0 Å². The van der Waals surface area contributed by atoms with Crippen molar-refractivity contribution in [2.45, 2.75) is 4.90 Å². The maximum Gasteiger partial charge on any atom is 0.136 e. The summed E-state index contributed by atoms with van der Waals surface area (Å²) < 4.78 is 27.3. The van der Waals surface area contributed by atoms with E-state index in [0.717, 1.165) is 10.8 Å². The fourth-order valence-corrected chi connectivity index (χ4v) is 2.26. The number of nitrogens with two attached hydrogens (primary N) is 1. The van der Waals surface area contributed by atoms with Gasteiger partial charge >= 0.3 is 0 Å². The fraction of sp³-hybridized carbons (Fsp3) is 0. The van der Waals surface area contributed by atoms with Crippen LogP contribution in [-0.2, 0) is 11.1 Å². The molecular formula is C12H8NO3S-. The third kappa shape index (κ3) is 1.60. The van der Waals surface area contributed by atoms with Gasteiger partial charge < -0.3 is 14.7 Å². The average Bonchev–Trinajstić information content (AvgIpc) is 2.66. The first-order valence-electron chi connectivity index (χ1n) is 4.96. The molecule has 1 atom stereocenters. The zero-order chi connectivity index (χ0) is 12.0. The van der Waals surface area contributed by atoms with Crippen molar-refractivity contribution in [2.75, 3.05) is 5.73 Å². The van der Waals surface area contributed by atoms with Crippen molar-refractivity contribution in [1.29, 1.82) is 0 Å². The summed E-state index contributed by atoms with van der Waals surface area (Å²) in [6.45, 7) is 0. The molecule has 0 spiro atoms. The maximum atomic E-state index is 10.9. The van der Waals surface area contributed by atoms with Gasteiger partial charge in [-0.2, -0.15) is 0 Å². The van der Waals surface area contributed by atoms with Gasteiger partial charge in [0.05, 0.1) is 0 Å². The van der Waals surface area contributed by atoms with Gasteiger partial charge in [0.2, 0.25) is 0 Å². The molecule has 0 amide bonds. The zero-order valence-corrected chi connectivity index (χ0v) is 9.49. The van der Waals surface area contributed by atoms with Crippen LogP contribution < -0.4 is 5.73 Å². The number of fused-ring (bicyclic) bond motifs is 3. The highest BCUT2D eigenvalue weighted by atomic mass is 32.2. The van der Waals surface area contributed by atoms with Crippen LogP contribution in [0.3, 0.4) is 0 Å². The van der Waals surface area contributed by atoms with E-state index in [1.54, 1.807) is 24.3 Å². The molecule has 2 N–H and O–H groups in total. The van der Waals surface area contributed by atoms with Crippen LogP contribution in [0.25, 0.3) is 21.9 Å². The van der Waals surface area contributed by atoms with Gasteiger partial charge in [-0.3, -0.25) is 4.21 Å². The van der Waals surface area contributed by atoms with Crippen LogP contribution in [0.1, 0.15) is 0 Å². The fourth-order valence-electron chi connectivity index (χ4n) is 1.88. The van der Waals surface area contributed by atoms with Crippen molar-refractivity contribution >= 4 is 38.7 Å². The van der Waals surface area contributed by atoms with Crippen LogP contribution in [0.5, 0.6) is 0 Å². The van der Waals surface area contributed by atoms with E-state index in [2.05, 4.69) is 0 Å². The van der Waals surface area contributed by atoms with E-state index >= 15 is 0 Å². The van der Waals surface area contributed by atoms with E-state index < -0.39 is 11.1 Å². The number of benzene rings is 2. The summed E-state index contributed by atoms with van der Waals surface area (Å²) in [6.07, 6.45) is 0. The van der Waals surface area contributed by atoms with Crippen molar-refractivity contribution in [3.63, 3.8) is 0 Å². The van der Waals surface area contributed by atoms with E-state index in [-0.39, 0.29) is 4.90 Å². The molecule has 17 heavy (non-hydrogen) atoms. The van der Waals surface area contributed by atoms with Crippen LogP contribution in [0.2, 0.25) is 0 Å². The van der Waals surface area contributed by atoms with Crippen molar-refractivity contribution in [1.82, 2.24) is 0 Å². The molecule has 0 saturated heterocycles. The van der Waals surface area contributed by atoms with Crippen LogP contribution in [-0.4, -0.2) is 8.76 Å². The van der Waals surface area contributed by atoms with Gasteiger partial charge in [-0.05, 0) is 47.5 Å². The SMILES string of the molecule is Nc1ccc2oc3cc(S(=O)[O-])ccc3c2c1. The highest BCUT2D eigenvalue weighted by molar-refractivity contribution is 7.79. The van der Waals surface area contributed by atoms with Gasteiger partial charge in [0, 0.05) is 21.4 Å². The Labute approximate surface area is 99.3 Å².